The Morgan fingerprint density at radius 2 is 2.14 bits per heavy atom. The van der Waals surface area contributed by atoms with E-state index in [1.165, 1.54) is 24.8 Å². The molecule has 3 nitrogen and oxygen atoms in total. The van der Waals surface area contributed by atoms with Crippen molar-refractivity contribution in [2.45, 2.75) is 57.4 Å². The first kappa shape index (κ1) is 14.4. The summed E-state index contributed by atoms with van der Waals surface area (Å²) in [7, 11) is 0. The number of anilines is 1. The van der Waals surface area contributed by atoms with Gasteiger partial charge >= 0.3 is 0 Å². The van der Waals surface area contributed by atoms with E-state index in [1.807, 2.05) is 12.1 Å². The van der Waals surface area contributed by atoms with Crippen molar-refractivity contribution in [1.29, 1.82) is 0 Å². The molecule has 1 saturated heterocycles. The molecule has 21 heavy (non-hydrogen) atoms. The highest BCUT2D eigenvalue weighted by atomic mass is 16.2. The van der Waals surface area contributed by atoms with E-state index in [4.69, 9.17) is 0 Å². The molecule has 2 unspecified atom stereocenters. The fourth-order valence-electron chi connectivity index (χ4n) is 3.85. The van der Waals surface area contributed by atoms with Gasteiger partial charge in [0.05, 0.1) is 5.92 Å². The molecule has 2 aliphatic heterocycles. The van der Waals surface area contributed by atoms with Crippen LogP contribution in [0.15, 0.2) is 24.3 Å². The van der Waals surface area contributed by atoms with Crippen LogP contribution in [0, 0.1) is 0 Å². The Balaban J connectivity index is 1.81. The normalized spacial score (nSPS) is 25.1. The lowest BCUT2D eigenvalue weighted by Gasteiger charge is -2.39. The smallest absolute Gasteiger partial charge is 0.230 e. The lowest BCUT2D eigenvalue weighted by atomic mass is 9.88. The monoisotopic (exact) mass is 286 g/mol. The van der Waals surface area contributed by atoms with Crippen LogP contribution in [0.3, 0.4) is 0 Å². The summed E-state index contributed by atoms with van der Waals surface area (Å²) in [4.78, 5) is 15.3. The Hall–Kier alpha value is -1.51. The number of likely N-dealkylation sites (tertiary alicyclic amines) is 1. The Labute approximate surface area is 127 Å². The summed E-state index contributed by atoms with van der Waals surface area (Å²) in [6.07, 6.45) is 6.86. The van der Waals surface area contributed by atoms with Crippen LogP contribution in [0.2, 0.25) is 0 Å². The lowest BCUT2D eigenvalue weighted by molar-refractivity contribution is -0.136. The topological polar surface area (TPSA) is 32.3 Å². The van der Waals surface area contributed by atoms with Crippen LogP contribution in [0.25, 0.3) is 0 Å². The molecule has 2 heterocycles. The zero-order valence-corrected chi connectivity index (χ0v) is 13.0. The molecule has 0 spiro atoms. The average Bonchev–Trinajstić information content (AvgIpc) is 2.54. The number of rotatable bonds is 3. The first-order chi connectivity index (χ1) is 10.3. The Bertz CT molecular complexity index is 498. The van der Waals surface area contributed by atoms with E-state index in [9.17, 15) is 4.79 Å². The predicted octanol–water partition coefficient (Wildman–Crippen LogP) is 3.77. The maximum atomic E-state index is 13.1. The van der Waals surface area contributed by atoms with E-state index in [0.717, 1.165) is 38.0 Å². The number of amides is 1. The number of nitrogens with zero attached hydrogens (tertiary/aromatic N) is 1. The molecule has 3 rings (SSSR count). The molecular formula is C18H26N2O. The molecule has 0 saturated carbocycles. The molecular weight excluding hydrogens is 260 g/mol. The zero-order valence-electron chi connectivity index (χ0n) is 13.0. The summed E-state index contributed by atoms with van der Waals surface area (Å²) in [6, 6.07) is 8.76. The quantitative estimate of drug-likeness (QED) is 0.917. The molecule has 1 amide bonds. The highest BCUT2D eigenvalue weighted by Gasteiger charge is 2.33. The van der Waals surface area contributed by atoms with Gasteiger partial charge in [0.1, 0.15) is 0 Å². The second-order valence-electron chi connectivity index (χ2n) is 6.33. The number of fused-ring (bicyclic) bond motifs is 1. The van der Waals surface area contributed by atoms with Gasteiger partial charge in [-0.05, 0) is 43.7 Å². The maximum absolute atomic E-state index is 13.1. The summed E-state index contributed by atoms with van der Waals surface area (Å²) in [5.74, 6) is 0.419. The predicted molar refractivity (Wildman–Crippen MR) is 86.5 cm³/mol. The third-order valence-electron chi connectivity index (χ3n) is 4.91. The maximum Gasteiger partial charge on any atom is 0.230 e. The van der Waals surface area contributed by atoms with Gasteiger partial charge in [0.25, 0.3) is 0 Å². The van der Waals surface area contributed by atoms with E-state index in [1.54, 1.807) is 0 Å². The third-order valence-corrected chi connectivity index (χ3v) is 4.91. The summed E-state index contributed by atoms with van der Waals surface area (Å²) in [6.45, 7) is 4.08. The molecule has 0 aliphatic carbocycles. The van der Waals surface area contributed by atoms with Crippen molar-refractivity contribution < 1.29 is 4.79 Å². The van der Waals surface area contributed by atoms with Crippen LogP contribution in [0.4, 0.5) is 5.69 Å². The number of nitrogens with one attached hydrogen (secondary N) is 1. The minimum Gasteiger partial charge on any atom is -0.385 e. The molecule has 1 N–H and O–H groups in total. The molecule has 1 fully saturated rings. The van der Waals surface area contributed by atoms with Crippen molar-refractivity contribution in [3.05, 3.63) is 29.8 Å². The summed E-state index contributed by atoms with van der Waals surface area (Å²) in [5, 5.41) is 3.42. The van der Waals surface area contributed by atoms with Crippen LogP contribution in [-0.4, -0.2) is 29.9 Å². The zero-order chi connectivity index (χ0) is 14.7. The largest absolute Gasteiger partial charge is 0.385 e. The number of hydrogen-bond acceptors (Lipinski definition) is 2. The number of hydrogen-bond donors (Lipinski definition) is 1. The van der Waals surface area contributed by atoms with Gasteiger partial charge in [-0.2, -0.15) is 0 Å². The van der Waals surface area contributed by atoms with Gasteiger partial charge in [0.15, 0.2) is 0 Å². The Kier molecular flexibility index (Phi) is 4.47. The van der Waals surface area contributed by atoms with Gasteiger partial charge in [-0.1, -0.05) is 31.5 Å². The van der Waals surface area contributed by atoms with Gasteiger partial charge in [-0.25, -0.2) is 0 Å². The number of benzene rings is 1. The molecule has 114 valence electrons. The van der Waals surface area contributed by atoms with Crippen LogP contribution in [-0.2, 0) is 4.79 Å². The van der Waals surface area contributed by atoms with E-state index >= 15 is 0 Å². The van der Waals surface area contributed by atoms with E-state index in [0.29, 0.717) is 11.9 Å². The van der Waals surface area contributed by atoms with Crippen LogP contribution in [0.1, 0.15) is 56.9 Å². The van der Waals surface area contributed by atoms with Gasteiger partial charge in [0, 0.05) is 24.8 Å². The van der Waals surface area contributed by atoms with E-state index in [2.05, 4.69) is 29.3 Å². The highest BCUT2D eigenvalue weighted by molar-refractivity contribution is 5.86. The van der Waals surface area contributed by atoms with Gasteiger partial charge in [-0.15, -0.1) is 0 Å². The van der Waals surface area contributed by atoms with Crippen molar-refractivity contribution in [2.75, 3.05) is 18.4 Å². The Morgan fingerprint density at radius 3 is 3.00 bits per heavy atom. The average molecular weight is 286 g/mol. The standard InChI is InChI=1S/C18H26N2O/c1-2-7-14-8-5-6-13-20(14)18(21)16-11-12-19-17-10-4-3-9-15(16)17/h3-4,9-10,14,16,19H,2,5-8,11-13H2,1H3. The Morgan fingerprint density at radius 1 is 1.29 bits per heavy atom. The van der Waals surface area contributed by atoms with Crippen molar-refractivity contribution in [3.63, 3.8) is 0 Å². The molecule has 0 radical (unpaired) electrons. The molecule has 0 bridgehead atoms. The SMILES string of the molecule is CCCC1CCCCN1C(=O)C1CCNc2ccccc21. The number of para-hydroxylation sites is 1. The van der Waals surface area contributed by atoms with Crippen molar-refractivity contribution in [3.8, 4) is 0 Å². The minimum absolute atomic E-state index is 0.0555. The molecule has 1 aromatic carbocycles. The minimum atomic E-state index is 0.0555. The first-order valence-electron chi connectivity index (χ1n) is 8.44. The van der Waals surface area contributed by atoms with Crippen LogP contribution in [0.5, 0.6) is 0 Å². The van der Waals surface area contributed by atoms with Gasteiger partial charge < -0.3 is 10.2 Å². The molecule has 2 atom stereocenters. The fraction of sp³-hybridized carbons (Fsp3) is 0.611. The summed E-state index contributed by atoms with van der Waals surface area (Å²) < 4.78 is 0. The number of carbonyl (C=O) groups excluding carboxylic acids is 1. The third kappa shape index (κ3) is 2.92. The lowest BCUT2D eigenvalue weighted by Crippen LogP contribution is -2.46. The first-order valence-corrected chi connectivity index (χ1v) is 8.44. The summed E-state index contributed by atoms with van der Waals surface area (Å²) in [5.41, 5.74) is 2.33. The number of carbonyl (C=O) groups is 1. The van der Waals surface area contributed by atoms with E-state index in [-0.39, 0.29) is 5.92 Å². The van der Waals surface area contributed by atoms with Gasteiger partial charge in [-0.3, -0.25) is 4.79 Å². The number of piperidine rings is 1. The van der Waals surface area contributed by atoms with Crippen molar-refractivity contribution in [2.24, 2.45) is 0 Å². The summed E-state index contributed by atoms with van der Waals surface area (Å²) >= 11 is 0. The van der Waals surface area contributed by atoms with Crippen LogP contribution < -0.4 is 5.32 Å². The molecule has 2 aliphatic rings. The molecule has 0 aromatic heterocycles. The second-order valence-corrected chi connectivity index (χ2v) is 6.33. The fourth-order valence-corrected chi connectivity index (χ4v) is 3.85. The second kappa shape index (κ2) is 6.50. The van der Waals surface area contributed by atoms with Crippen molar-refractivity contribution in [1.82, 2.24) is 4.90 Å². The van der Waals surface area contributed by atoms with E-state index < -0.39 is 0 Å². The van der Waals surface area contributed by atoms with Crippen molar-refractivity contribution >= 4 is 11.6 Å². The van der Waals surface area contributed by atoms with Crippen LogP contribution >= 0.6 is 0 Å². The molecule has 3 heteroatoms. The van der Waals surface area contributed by atoms with Gasteiger partial charge in [0.2, 0.25) is 5.91 Å². The molecule has 1 aromatic rings. The highest BCUT2D eigenvalue weighted by Crippen LogP contribution is 2.34.